The molecule has 3 aromatic rings. The molecule has 1 aromatic heterocycles. The summed E-state index contributed by atoms with van der Waals surface area (Å²) in [5, 5.41) is 1.16. The van der Waals surface area contributed by atoms with E-state index in [2.05, 4.69) is 24.0 Å². The predicted molar refractivity (Wildman–Crippen MR) is 101 cm³/mol. The molecule has 5 heteroatoms. The Bertz CT molecular complexity index is 919. The van der Waals surface area contributed by atoms with Crippen LogP contribution in [0.15, 0.2) is 48.5 Å². The molecular formula is C22H24F3N2+. The second-order valence-electron chi connectivity index (χ2n) is 7.48. The molecule has 0 radical (unpaired) electrons. The summed E-state index contributed by atoms with van der Waals surface area (Å²) in [6.45, 7) is 4.16. The van der Waals surface area contributed by atoms with Gasteiger partial charge in [0.25, 0.3) is 0 Å². The van der Waals surface area contributed by atoms with E-state index in [1.54, 1.807) is 12.1 Å². The van der Waals surface area contributed by atoms with Gasteiger partial charge in [-0.2, -0.15) is 13.2 Å². The third-order valence-corrected chi connectivity index (χ3v) is 5.71. The number of fused-ring (bicyclic) bond motifs is 1. The fraction of sp³-hybridized carbons (Fsp3) is 0.364. The first-order valence-electron chi connectivity index (χ1n) is 9.54. The highest BCUT2D eigenvalue weighted by atomic mass is 19.4. The molecule has 2 N–H and O–H groups in total. The molecule has 1 aliphatic rings. The molecule has 1 saturated heterocycles. The maximum Gasteiger partial charge on any atom is 0.416 e. The molecule has 142 valence electrons. The maximum absolute atomic E-state index is 13.0. The number of aromatic nitrogens is 1. The Hall–Kier alpha value is -2.27. The second-order valence-corrected chi connectivity index (χ2v) is 7.48. The van der Waals surface area contributed by atoms with Crippen molar-refractivity contribution >= 4 is 10.9 Å². The number of piperidine rings is 1. The Labute approximate surface area is 157 Å². The minimum atomic E-state index is -4.30. The summed E-state index contributed by atoms with van der Waals surface area (Å²) in [6.07, 6.45) is -0.749. The minimum absolute atomic E-state index is 0.0451. The number of para-hydroxylation sites is 1. The Morgan fingerprint density at radius 2 is 1.59 bits per heavy atom. The molecule has 2 nitrogen and oxygen atoms in total. The third kappa shape index (κ3) is 3.48. The first-order valence-corrected chi connectivity index (χ1v) is 9.54. The van der Waals surface area contributed by atoms with Gasteiger partial charge in [-0.15, -0.1) is 0 Å². The summed E-state index contributed by atoms with van der Waals surface area (Å²) in [5.41, 5.74) is 3.75. The highest BCUT2D eigenvalue weighted by Crippen LogP contribution is 2.33. The number of rotatable bonds is 3. The zero-order valence-electron chi connectivity index (χ0n) is 15.4. The van der Waals surface area contributed by atoms with Crippen LogP contribution in [0.1, 0.15) is 47.7 Å². The normalized spacial score (nSPS) is 17.3. The molecule has 2 heterocycles. The van der Waals surface area contributed by atoms with Crippen LogP contribution in [0.5, 0.6) is 0 Å². The molecule has 2 aromatic carbocycles. The van der Waals surface area contributed by atoms with Crippen molar-refractivity contribution in [2.45, 2.75) is 38.4 Å². The highest BCUT2D eigenvalue weighted by molar-refractivity contribution is 5.85. The van der Waals surface area contributed by atoms with Crippen LogP contribution in [0.4, 0.5) is 13.2 Å². The number of hydrogen-bond acceptors (Lipinski definition) is 0. The molecule has 27 heavy (non-hydrogen) atoms. The van der Waals surface area contributed by atoms with Crippen molar-refractivity contribution in [3.63, 3.8) is 0 Å². The third-order valence-electron chi connectivity index (χ3n) is 5.71. The summed E-state index contributed by atoms with van der Waals surface area (Å²) < 4.78 is 39.0. The van der Waals surface area contributed by atoms with E-state index in [1.165, 1.54) is 29.0 Å². The second kappa shape index (κ2) is 7.04. The zero-order valence-corrected chi connectivity index (χ0v) is 15.4. The van der Waals surface area contributed by atoms with Gasteiger partial charge in [-0.1, -0.05) is 30.3 Å². The molecule has 1 aliphatic heterocycles. The molecule has 1 fully saturated rings. The average Bonchev–Trinajstić information content (AvgIpc) is 2.99. The van der Waals surface area contributed by atoms with E-state index in [9.17, 15) is 13.2 Å². The number of benzene rings is 2. The summed E-state index contributed by atoms with van der Waals surface area (Å²) in [4.78, 5) is 4.90. The molecule has 0 spiro atoms. The smallest absolute Gasteiger partial charge is 0.358 e. The van der Waals surface area contributed by atoms with Gasteiger partial charge >= 0.3 is 6.18 Å². The zero-order chi connectivity index (χ0) is 19.0. The van der Waals surface area contributed by atoms with Crippen LogP contribution in [0, 0.1) is 6.92 Å². The van der Waals surface area contributed by atoms with E-state index < -0.39 is 11.7 Å². The Morgan fingerprint density at radius 3 is 2.26 bits per heavy atom. The topological polar surface area (TPSA) is 20.2 Å². The van der Waals surface area contributed by atoms with Gasteiger partial charge in [0.2, 0.25) is 0 Å². The lowest BCUT2D eigenvalue weighted by Gasteiger charge is -2.32. The van der Waals surface area contributed by atoms with Crippen molar-refractivity contribution in [1.82, 2.24) is 4.98 Å². The fourth-order valence-electron chi connectivity index (χ4n) is 4.44. The number of halogens is 3. The van der Waals surface area contributed by atoms with Gasteiger partial charge in [-0.05, 0) is 44.4 Å². The van der Waals surface area contributed by atoms with Crippen LogP contribution >= 0.6 is 0 Å². The fourth-order valence-corrected chi connectivity index (χ4v) is 4.44. The standard InChI is InChI=1S/C22H23F3N2/c1-15-20(18-7-3-4-8-19(18)26-15)21(27-13-5-2-6-14-27)16-9-11-17(12-10-16)22(23,24)25/h3-4,7-12,21,26H,2,5-6,13-14H2,1H3/p+1/t21-/m1/s1. The van der Waals surface area contributed by atoms with Crippen LogP contribution in [-0.2, 0) is 6.18 Å². The van der Waals surface area contributed by atoms with Crippen LogP contribution in [0.2, 0.25) is 0 Å². The number of aromatic amines is 1. The van der Waals surface area contributed by atoms with Crippen LogP contribution < -0.4 is 4.90 Å². The van der Waals surface area contributed by atoms with E-state index in [0.29, 0.717) is 0 Å². The number of aryl methyl sites for hydroxylation is 1. The van der Waals surface area contributed by atoms with Gasteiger partial charge in [0.1, 0.15) is 6.04 Å². The number of nitrogens with one attached hydrogen (secondary N) is 2. The summed E-state index contributed by atoms with van der Waals surface area (Å²) in [5.74, 6) is 0. The van der Waals surface area contributed by atoms with Crippen LogP contribution in [0.3, 0.4) is 0 Å². The number of likely N-dealkylation sites (tertiary alicyclic amines) is 1. The van der Waals surface area contributed by atoms with Crippen molar-refractivity contribution in [1.29, 1.82) is 0 Å². The van der Waals surface area contributed by atoms with Gasteiger partial charge in [-0.3, -0.25) is 0 Å². The predicted octanol–water partition coefficient (Wildman–Crippen LogP) is 4.65. The van der Waals surface area contributed by atoms with E-state index in [4.69, 9.17) is 0 Å². The molecule has 4 rings (SSSR count). The van der Waals surface area contributed by atoms with Gasteiger partial charge < -0.3 is 9.88 Å². The first kappa shape index (κ1) is 18.1. The van der Waals surface area contributed by atoms with E-state index in [-0.39, 0.29) is 6.04 Å². The molecule has 0 amide bonds. The quantitative estimate of drug-likeness (QED) is 0.666. The first-order chi connectivity index (χ1) is 12.9. The average molecular weight is 373 g/mol. The van der Waals surface area contributed by atoms with Crippen molar-refractivity contribution < 1.29 is 18.1 Å². The number of H-pyrrole nitrogens is 1. The summed E-state index contributed by atoms with van der Waals surface area (Å²) in [6, 6.07) is 14.0. The lowest BCUT2D eigenvalue weighted by Crippen LogP contribution is -3.13. The van der Waals surface area contributed by atoms with E-state index in [0.717, 1.165) is 48.1 Å². The maximum atomic E-state index is 13.0. The van der Waals surface area contributed by atoms with Crippen molar-refractivity contribution in [2.24, 2.45) is 0 Å². The van der Waals surface area contributed by atoms with Gasteiger partial charge in [-0.25, -0.2) is 0 Å². The molecule has 0 saturated carbocycles. The lowest BCUT2D eigenvalue weighted by molar-refractivity contribution is -0.930. The van der Waals surface area contributed by atoms with E-state index >= 15 is 0 Å². The SMILES string of the molecule is Cc1[nH]c2ccccc2c1[C@@H](c1ccc(C(F)(F)F)cc1)[NH+]1CCCCC1. The largest absolute Gasteiger partial charge is 0.416 e. The number of quaternary nitrogens is 1. The van der Waals surface area contributed by atoms with Crippen LogP contribution in [-0.4, -0.2) is 18.1 Å². The Kier molecular flexibility index (Phi) is 4.72. The minimum Gasteiger partial charge on any atom is -0.358 e. The Morgan fingerprint density at radius 1 is 0.926 bits per heavy atom. The van der Waals surface area contributed by atoms with Crippen molar-refractivity contribution in [3.8, 4) is 0 Å². The molecule has 0 bridgehead atoms. The van der Waals surface area contributed by atoms with Crippen molar-refractivity contribution in [3.05, 3.63) is 70.9 Å². The van der Waals surface area contributed by atoms with Gasteiger partial charge in [0, 0.05) is 27.7 Å². The Balaban J connectivity index is 1.83. The van der Waals surface area contributed by atoms with Gasteiger partial charge in [0.05, 0.1) is 18.7 Å². The molecular weight excluding hydrogens is 349 g/mol. The number of hydrogen-bond donors (Lipinski definition) is 2. The van der Waals surface area contributed by atoms with Crippen molar-refractivity contribution in [2.75, 3.05) is 13.1 Å². The van der Waals surface area contributed by atoms with Crippen LogP contribution in [0.25, 0.3) is 10.9 Å². The lowest BCUT2D eigenvalue weighted by atomic mass is 9.92. The number of alkyl halides is 3. The molecule has 0 unspecified atom stereocenters. The summed E-state index contributed by atoms with van der Waals surface area (Å²) >= 11 is 0. The monoisotopic (exact) mass is 373 g/mol. The molecule has 0 aliphatic carbocycles. The van der Waals surface area contributed by atoms with Gasteiger partial charge in [0.15, 0.2) is 0 Å². The highest BCUT2D eigenvalue weighted by Gasteiger charge is 2.34. The van der Waals surface area contributed by atoms with E-state index in [1.807, 2.05) is 12.1 Å². The molecule has 1 atom stereocenters. The summed E-state index contributed by atoms with van der Waals surface area (Å²) in [7, 11) is 0.